The molecule has 2 rings (SSSR count). The van der Waals surface area contributed by atoms with Gasteiger partial charge in [-0.1, -0.05) is 18.2 Å². The highest BCUT2D eigenvalue weighted by molar-refractivity contribution is 7.13. The van der Waals surface area contributed by atoms with Crippen LogP contribution in [0.25, 0.3) is 0 Å². The van der Waals surface area contributed by atoms with E-state index < -0.39 is 5.97 Å². The van der Waals surface area contributed by atoms with Crippen LogP contribution in [0.2, 0.25) is 0 Å². The van der Waals surface area contributed by atoms with E-state index in [1.807, 2.05) is 35.7 Å². The molecule has 7 heteroatoms. The molecule has 0 bridgehead atoms. The second-order valence-electron chi connectivity index (χ2n) is 4.41. The van der Waals surface area contributed by atoms with E-state index in [4.69, 9.17) is 5.11 Å². The van der Waals surface area contributed by atoms with E-state index in [0.29, 0.717) is 17.4 Å². The molecular weight excluding hydrogens is 290 g/mol. The van der Waals surface area contributed by atoms with Crippen molar-refractivity contribution < 1.29 is 14.7 Å². The zero-order valence-electron chi connectivity index (χ0n) is 11.4. The van der Waals surface area contributed by atoms with Gasteiger partial charge in [-0.3, -0.25) is 9.59 Å². The van der Waals surface area contributed by atoms with Crippen molar-refractivity contribution in [1.29, 1.82) is 0 Å². The van der Waals surface area contributed by atoms with Crippen molar-refractivity contribution in [3.63, 3.8) is 0 Å². The van der Waals surface area contributed by atoms with Crippen LogP contribution in [-0.4, -0.2) is 28.5 Å². The summed E-state index contributed by atoms with van der Waals surface area (Å²) in [5.41, 5.74) is 1.53. The van der Waals surface area contributed by atoms with Crippen LogP contribution in [0.3, 0.4) is 0 Å². The maximum absolute atomic E-state index is 11.0. The maximum atomic E-state index is 11.0. The van der Waals surface area contributed by atoms with Crippen molar-refractivity contribution in [1.82, 2.24) is 4.98 Å². The van der Waals surface area contributed by atoms with Gasteiger partial charge in [-0.2, -0.15) is 0 Å². The molecule has 0 saturated heterocycles. The molecule has 0 fully saturated rings. The number of carbonyl (C=O) groups excluding carboxylic acids is 1. The van der Waals surface area contributed by atoms with Crippen molar-refractivity contribution in [2.45, 2.75) is 13.5 Å². The molecule has 0 atom stereocenters. The zero-order chi connectivity index (χ0) is 15.2. The number of carboxylic acids is 1. The van der Waals surface area contributed by atoms with Crippen molar-refractivity contribution in [3.05, 3.63) is 41.4 Å². The van der Waals surface area contributed by atoms with E-state index >= 15 is 0 Å². The summed E-state index contributed by atoms with van der Waals surface area (Å²) in [5, 5.41) is 14.0. The number of hydrogen-bond acceptors (Lipinski definition) is 5. The van der Waals surface area contributed by atoms with E-state index in [1.165, 1.54) is 18.3 Å². The third-order valence-electron chi connectivity index (χ3n) is 2.64. The number of para-hydroxylation sites is 1. The van der Waals surface area contributed by atoms with Crippen LogP contribution in [0.5, 0.6) is 0 Å². The van der Waals surface area contributed by atoms with Crippen LogP contribution in [0, 0.1) is 0 Å². The van der Waals surface area contributed by atoms with Gasteiger partial charge in [-0.15, -0.1) is 11.3 Å². The van der Waals surface area contributed by atoms with Crippen LogP contribution in [0.4, 0.5) is 10.8 Å². The first-order valence-electron chi connectivity index (χ1n) is 6.28. The summed E-state index contributed by atoms with van der Waals surface area (Å²) < 4.78 is 0. The second-order valence-corrected chi connectivity index (χ2v) is 5.27. The molecule has 0 radical (unpaired) electrons. The predicted octanol–water partition coefficient (Wildman–Crippen LogP) is 2.19. The molecule has 2 N–H and O–H groups in total. The minimum absolute atomic E-state index is 0.114. The summed E-state index contributed by atoms with van der Waals surface area (Å²) in [6.07, 6.45) is 0. The van der Waals surface area contributed by atoms with Crippen LogP contribution in [0.1, 0.15) is 12.6 Å². The summed E-state index contributed by atoms with van der Waals surface area (Å²) in [4.78, 5) is 28.0. The fourth-order valence-electron chi connectivity index (χ4n) is 1.82. The molecule has 0 saturated carbocycles. The third kappa shape index (κ3) is 4.57. The molecule has 1 heterocycles. The molecule has 1 aromatic heterocycles. The lowest BCUT2D eigenvalue weighted by Gasteiger charge is -2.21. The fraction of sp³-hybridized carbons (Fsp3) is 0.214. The van der Waals surface area contributed by atoms with E-state index in [0.717, 1.165) is 5.69 Å². The number of carboxylic acid groups (broad SMARTS) is 1. The fourth-order valence-corrected chi connectivity index (χ4v) is 2.57. The predicted molar refractivity (Wildman–Crippen MR) is 81.5 cm³/mol. The lowest BCUT2D eigenvalue weighted by Crippen LogP contribution is -2.29. The largest absolute Gasteiger partial charge is 0.480 e. The van der Waals surface area contributed by atoms with Gasteiger partial charge < -0.3 is 15.3 Å². The van der Waals surface area contributed by atoms with Gasteiger partial charge in [-0.05, 0) is 12.1 Å². The first kappa shape index (κ1) is 15.0. The first-order chi connectivity index (χ1) is 10.0. The highest BCUT2D eigenvalue weighted by Gasteiger charge is 2.13. The summed E-state index contributed by atoms with van der Waals surface area (Å²) >= 11 is 1.32. The molecule has 0 aliphatic carbocycles. The Morgan fingerprint density at radius 2 is 2.05 bits per heavy atom. The van der Waals surface area contributed by atoms with Gasteiger partial charge in [0, 0.05) is 18.0 Å². The van der Waals surface area contributed by atoms with Gasteiger partial charge in [0.15, 0.2) is 5.13 Å². The molecule has 0 spiro atoms. The topological polar surface area (TPSA) is 82.5 Å². The average molecular weight is 305 g/mol. The highest BCUT2D eigenvalue weighted by Crippen LogP contribution is 2.20. The number of aromatic nitrogens is 1. The Morgan fingerprint density at radius 1 is 1.33 bits per heavy atom. The smallest absolute Gasteiger partial charge is 0.323 e. The number of carbonyl (C=O) groups is 2. The Kier molecular flexibility index (Phi) is 4.89. The standard InChI is InChI=1S/C14H15N3O3S/c1-10(18)15-14-16-11(9-21-14)7-17(8-13(19)20)12-5-3-2-4-6-12/h2-6,9H,7-8H2,1H3,(H,19,20)(H,15,16,18). The van der Waals surface area contributed by atoms with E-state index in [1.54, 1.807) is 4.90 Å². The lowest BCUT2D eigenvalue weighted by molar-refractivity contribution is -0.135. The van der Waals surface area contributed by atoms with Gasteiger partial charge >= 0.3 is 5.97 Å². The Bertz CT molecular complexity index is 627. The van der Waals surface area contributed by atoms with Gasteiger partial charge in [0.1, 0.15) is 6.54 Å². The summed E-state index contributed by atoms with van der Waals surface area (Å²) in [6, 6.07) is 9.29. The monoisotopic (exact) mass is 305 g/mol. The average Bonchev–Trinajstić information content (AvgIpc) is 2.85. The van der Waals surface area contributed by atoms with E-state index in [9.17, 15) is 9.59 Å². The Morgan fingerprint density at radius 3 is 2.67 bits per heavy atom. The Hall–Kier alpha value is -2.41. The molecule has 6 nitrogen and oxygen atoms in total. The molecule has 0 aliphatic rings. The number of rotatable bonds is 6. The minimum Gasteiger partial charge on any atom is -0.480 e. The van der Waals surface area contributed by atoms with E-state index in [2.05, 4.69) is 10.3 Å². The zero-order valence-corrected chi connectivity index (χ0v) is 12.3. The molecule has 2 aromatic rings. The number of hydrogen-bond donors (Lipinski definition) is 2. The maximum Gasteiger partial charge on any atom is 0.323 e. The van der Waals surface area contributed by atoms with Gasteiger partial charge in [0.05, 0.1) is 12.2 Å². The van der Waals surface area contributed by atoms with E-state index in [-0.39, 0.29) is 12.5 Å². The first-order valence-corrected chi connectivity index (χ1v) is 7.16. The minimum atomic E-state index is -0.906. The van der Waals surface area contributed by atoms with Crippen LogP contribution in [-0.2, 0) is 16.1 Å². The Labute approximate surface area is 126 Å². The van der Waals surface area contributed by atoms with Gasteiger partial charge in [0.2, 0.25) is 5.91 Å². The number of nitrogens with zero attached hydrogens (tertiary/aromatic N) is 2. The summed E-state index contributed by atoms with van der Waals surface area (Å²) in [7, 11) is 0. The number of benzene rings is 1. The molecular formula is C14H15N3O3S. The number of anilines is 2. The van der Waals surface area contributed by atoms with Crippen molar-refractivity contribution in [3.8, 4) is 0 Å². The molecule has 1 aromatic carbocycles. The molecule has 1 amide bonds. The number of nitrogens with one attached hydrogen (secondary N) is 1. The van der Waals surface area contributed by atoms with Crippen LogP contribution < -0.4 is 10.2 Å². The van der Waals surface area contributed by atoms with Gasteiger partial charge in [0.25, 0.3) is 0 Å². The molecule has 21 heavy (non-hydrogen) atoms. The SMILES string of the molecule is CC(=O)Nc1nc(CN(CC(=O)O)c2ccccc2)cs1. The van der Waals surface area contributed by atoms with Crippen molar-refractivity contribution in [2.24, 2.45) is 0 Å². The summed E-state index contributed by atoms with van der Waals surface area (Å²) in [5.74, 6) is -1.09. The quantitative estimate of drug-likeness (QED) is 0.855. The van der Waals surface area contributed by atoms with Crippen molar-refractivity contribution >= 4 is 34.0 Å². The normalized spacial score (nSPS) is 10.1. The second kappa shape index (κ2) is 6.85. The number of amides is 1. The molecule has 0 unspecified atom stereocenters. The number of thiazole rings is 1. The number of aliphatic carboxylic acids is 1. The van der Waals surface area contributed by atoms with Crippen molar-refractivity contribution in [2.75, 3.05) is 16.8 Å². The molecule has 110 valence electrons. The lowest BCUT2D eigenvalue weighted by atomic mass is 10.2. The third-order valence-corrected chi connectivity index (χ3v) is 3.44. The highest BCUT2D eigenvalue weighted by atomic mass is 32.1. The van der Waals surface area contributed by atoms with Crippen LogP contribution in [0.15, 0.2) is 35.7 Å². The Balaban J connectivity index is 2.13. The van der Waals surface area contributed by atoms with Gasteiger partial charge in [-0.25, -0.2) is 4.98 Å². The molecule has 0 aliphatic heterocycles. The summed E-state index contributed by atoms with van der Waals surface area (Å²) in [6.45, 7) is 1.67. The van der Waals surface area contributed by atoms with Crippen LogP contribution >= 0.6 is 11.3 Å².